The lowest BCUT2D eigenvalue weighted by Crippen LogP contribution is -2.09. The molecule has 0 fully saturated rings. The highest BCUT2D eigenvalue weighted by atomic mass is 79.9. The van der Waals surface area contributed by atoms with Gasteiger partial charge in [0, 0.05) is 21.8 Å². The molecule has 0 radical (unpaired) electrons. The Hall–Kier alpha value is -0.360. The van der Waals surface area contributed by atoms with Crippen LogP contribution in [0.25, 0.3) is 0 Å². The van der Waals surface area contributed by atoms with Crippen molar-refractivity contribution in [2.45, 2.75) is 65.2 Å². The second kappa shape index (κ2) is 14.2. The SMILES string of the molecule is CCCCCC(=O)OC/C(Br)=C(\Br)COC(=O)CCCCC. The summed E-state index contributed by atoms with van der Waals surface area (Å²) < 4.78 is 11.6. The predicted octanol–water partition coefficient (Wildman–Crippen LogP) is 5.23. The van der Waals surface area contributed by atoms with Gasteiger partial charge < -0.3 is 9.47 Å². The van der Waals surface area contributed by atoms with E-state index in [1.165, 1.54) is 0 Å². The van der Waals surface area contributed by atoms with E-state index in [9.17, 15) is 9.59 Å². The lowest BCUT2D eigenvalue weighted by Gasteiger charge is -2.08. The molecule has 0 aliphatic carbocycles. The van der Waals surface area contributed by atoms with E-state index in [1.54, 1.807) is 0 Å². The fourth-order valence-electron chi connectivity index (χ4n) is 1.63. The summed E-state index contributed by atoms with van der Waals surface area (Å²) in [6.45, 7) is 4.48. The maximum absolute atomic E-state index is 11.5. The summed E-state index contributed by atoms with van der Waals surface area (Å²) in [6, 6.07) is 0. The zero-order valence-corrected chi connectivity index (χ0v) is 16.6. The van der Waals surface area contributed by atoms with Crippen LogP contribution in [0.5, 0.6) is 0 Å². The molecule has 0 rings (SSSR count). The highest BCUT2D eigenvalue weighted by Gasteiger charge is 2.09. The van der Waals surface area contributed by atoms with Gasteiger partial charge in [-0.05, 0) is 12.8 Å². The van der Waals surface area contributed by atoms with E-state index in [1.807, 2.05) is 0 Å². The first kappa shape index (κ1) is 21.6. The average Bonchev–Trinajstić information content (AvgIpc) is 2.50. The molecule has 0 heterocycles. The van der Waals surface area contributed by atoms with Gasteiger partial charge in [0.25, 0.3) is 0 Å². The monoisotopic (exact) mass is 440 g/mol. The van der Waals surface area contributed by atoms with Crippen LogP contribution in [-0.4, -0.2) is 25.2 Å². The molecule has 0 unspecified atom stereocenters. The van der Waals surface area contributed by atoms with Gasteiger partial charge in [0.15, 0.2) is 0 Å². The molecule has 0 saturated carbocycles. The molecule has 0 bridgehead atoms. The van der Waals surface area contributed by atoms with Crippen molar-refractivity contribution >= 4 is 43.8 Å². The quantitative estimate of drug-likeness (QED) is 0.307. The third-order valence-corrected chi connectivity index (χ3v) is 4.93. The van der Waals surface area contributed by atoms with E-state index in [-0.39, 0.29) is 25.2 Å². The number of rotatable bonds is 12. The zero-order chi connectivity index (χ0) is 16.8. The molecule has 0 aromatic carbocycles. The fourth-order valence-corrected chi connectivity index (χ4v) is 2.09. The Balaban J connectivity index is 3.94. The predicted molar refractivity (Wildman–Crippen MR) is 95.1 cm³/mol. The summed E-state index contributed by atoms with van der Waals surface area (Å²) in [6.07, 6.45) is 6.81. The third kappa shape index (κ3) is 12.2. The van der Waals surface area contributed by atoms with Crippen LogP contribution in [0.15, 0.2) is 8.96 Å². The van der Waals surface area contributed by atoms with Crippen molar-refractivity contribution in [1.82, 2.24) is 0 Å². The van der Waals surface area contributed by atoms with Gasteiger partial charge in [-0.15, -0.1) is 0 Å². The van der Waals surface area contributed by atoms with Crippen LogP contribution in [0.2, 0.25) is 0 Å². The molecular formula is C16H26Br2O4. The van der Waals surface area contributed by atoms with E-state index in [4.69, 9.17) is 9.47 Å². The van der Waals surface area contributed by atoms with Crippen molar-refractivity contribution in [3.8, 4) is 0 Å². The Morgan fingerprint density at radius 1 is 0.727 bits per heavy atom. The van der Waals surface area contributed by atoms with Crippen molar-refractivity contribution in [2.75, 3.05) is 13.2 Å². The Kier molecular flexibility index (Phi) is 14.0. The Bertz CT molecular complexity index is 333. The summed E-state index contributed by atoms with van der Waals surface area (Å²) in [5.41, 5.74) is 0. The minimum atomic E-state index is -0.206. The van der Waals surface area contributed by atoms with Crippen molar-refractivity contribution in [2.24, 2.45) is 0 Å². The van der Waals surface area contributed by atoms with Gasteiger partial charge in [-0.25, -0.2) is 0 Å². The topological polar surface area (TPSA) is 52.6 Å². The van der Waals surface area contributed by atoms with Crippen molar-refractivity contribution in [1.29, 1.82) is 0 Å². The Labute approximate surface area is 150 Å². The molecule has 0 saturated heterocycles. The number of ether oxygens (including phenoxy) is 2. The number of carbonyl (C=O) groups excluding carboxylic acids is 2. The van der Waals surface area contributed by atoms with Crippen molar-refractivity contribution in [3.63, 3.8) is 0 Å². The molecule has 0 amide bonds. The Morgan fingerprint density at radius 2 is 1.09 bits per heavy atom. The van der Waals surface area contributed by atoms with Gasteiger partial charge in [0.1, 0.15) is 13.2 Å². The highest BCUT2D eigenvalue weighted by molar-refractivity contribution is 9.14. The second-order valence-corrected chi connectivity index (χ2v) is 6.96. The zero-order valence-electron chi connectivity index (χ0n) is 13.5. The number of esters is 2. The van der Waals surface area contributed by atoms with Crippen molar-refractivity contribution in [3.05, 3.63) is 8.96 Å². The highest BCUT2D eigenvalue weighted by Crippen LogP contribution is 2.19. The van der Waals surface area contributed by atoms with Gasteiger partial charge in [-0.2, -0.15) is 0 Å². The first-order chi connectivity index (χ1) is 10.5. The molecule has 128 valence electrons. The van der Waals surface area contributed by atoms with E-state index in [2.05, 4.69) is 45.7 Å². The molecule has 0 aliphatic rings. The third-order valence-electron chi connectivity index (χ3n) is 2.98. The van der Waals surface area contributed by atoms with Crippen LogP contribution in [-0.2, 0) is 19.1 Å². The minimum absolute atomic E-state index is 0.152. The molecule has 22 heavy (non-hydrogen) atoms. The Morgan fingerprint density at radius 3 is 1.41 bits per heavy atom. The molecule has 0 aromatic heterocycles. The molecule has 4 nitrogen and oxygen atoms in total. The fraction of sp³-hybridized carbons (Fsp3) is 0.750. The number of unbranched alkanes of at least 4 members (excludes halogenated alkanes) is 4. The average molecular weight is 442 g/mol. The largest absolute Gasteiger partial charge is 0.460 e. The maximum Gasteiger partial charge on any atom is 0.306 e. The molecule has 0 N–H and O–H groups in total. The molecule has 0 aromatic rings. The summed E-state index contributed by atoms with van der Waals surface area (Å²) in [7, 11) is 0. The van der Waals surface area contributed by atoms with Crippen LogP contribution in [0, 0.1) is 0 Å². The number of halogens is 2. The van der Waals surface area contributed by atoms with Gasteiger partial charge in [0.05, 0.1) is 0 Å². The lowest BCUT2D eigenvalue weighted by atomic mass is 10.2. The van der Waals surface area contributed by atoms with Crippen molar-refractivity contribution < 1.29 is 19.1 Å². The van der Waals surface area contributed by atoms with E-state index < -0.39 is 0 Å². The van der Waals surface area contributed by atoms with E-state index in [0.717, 1.165) is 38.5 Å². The minimum Gasteiger partial charge on any atom is -0.460 e. The molecule has 0 atom stereocenters. The van der Waals surface area contributed by atoms with Crippen LogP contribution in [0.4, 0.5) is 0 Å². The smallest absolute Gasteiger partial charge is 0.306 e. The lowest BCUT2D eigenvalue weighted by molar-refractivity contribution is -0.143. The second-order valence-electron chi connectivity index (χ2n) is 5.05. The van der Waals surface area contributed by atoms with E-state index in [0.29, 0.717) is 21.8 Å². The molecular weight excluding hydrogens is 416 g/mol. The van der Waals surface area contributed by atoms with Crippen LogP contribution < -0.4 is 0 Å². The van der Waals surface area contributed by atoms with Gasteiger partial charge >= 0.3 is 11.9 Å². The molecule has 6 heteroatoms. The van der Waals surface area contributed by atoms with E-state index >= 15 is 0 Å². The van der Waals surface area contributed by atoms with Crippen LogP contribution >= 0.6 is 31.9 Å². The van der Waals surface area contributed by atoms with Crippen LogP contribution in [0.3, 0.4) is 0 Å². The number of carbonyl (C=O) groups is 2. The number of hydrogen-bond acceptors (Lipinski definition) is 4. The first-order valence-corrected chi connectivity index (χ1v) is 9.44. The van der Waals surface area contributed by atoms with Gasteiger partial charge in [-0.3, -0.25) is 9.59 Å². The summed E-state index contributed by atoms with van der Waals surface area (Å²) >= 11 is 6.66. The first-order valence-electron chi connectivity index (χ1n) is 7.85. The van der Waals surface area contributed by atoms with Gasteiger partial charge in [-0.1, -0.05) is 71.4 Å². The summed E-state index contributed by atoms with van der Waals surface area (Å²) in [4.78, 5) is 23.0. The normalized spacial score (nSPS) is 11.8. The van der Waals surface area contributed by atoms with Gasteiger partial charge in [0.2, 0.25) is 0 Å². The summed E-state index contributed by atoms with van der Waals surface area (Å²) in [5.74, 6) is -0.412. The summed E-state index contributed by atoms with van der Waals surface area (Å²) in [5, 5.41) is 0. The van der Waals surface area contributed by atoms with Crippen LogP contribution in [0.1, 0.15) is 65.2 Å². The number of hydrogen-bond donors (Lipinski definition) is 0. The standard InChI is InChI=1S/C16H26Br2O4/c1-3-5-7-9-15(19)21-11-13(17)14(18)12-22-16(20)10-8-6-4-2/h3-12H2,1-2H3/b14-13+. The molecule has 0 aliphatic heterocycles. The maximum atomic E-state index is 11.5. The molecule has 0 spiro atoms.